The van der Waals surface area contributed by atoms with Gasteiger partial charge in [-0.05, 0) is 61.6 Å². The fourth-order valence-electron chi connectivity index (χ4n) is 5.24. The summed E-state index contributed by atoms with van der Waals surface area (Å²) in [6, 6.07) is 1.98. The summed E-state index contributed by atoms with van der Waals surface area (Å²) in [6.07, 6.45) is 5.19. The van der Waals surface area contributed by atoms with Crippen LogP contribution in [0.15, 0.2) is 24.5 Å². The first kappa shape index (κ1) is 23.2. The van der Waals surface area contributed by atoms with E-state index in [0.717, 1.165) is 63.2 Å². The summed E-state index contributed by atoms with van der Waals surface area (Å²) in [5.74, 6) is 0.734. The van der Waals surface area contributed by atoms with Gasteiger partial charge in [0.2, 0.25) is 5.91 Å². The smallest absolute Gasteiger partial charge is 0.381 e. The Bertz CT molecular complexity index is 842. The first-order valence-corrected chi connectivity index (χ1v) is 11.7. The third-order valence-corrected chi connectivity index (χ3v) is 7.19. The summed E-state index contributed by atoms with van der Waals surface area (Å²) in [5.41, 5.74) is 0.566. The molecule has 3 aliphatic rings. The van der Waals surface area contributed by atoms with Crippen LogP contribution in [0.1, 0.15) is 56.6 Å². The normalized spacial score (nSPS) is 29.1. The third kappa shape index (κ3) is 5.34. The third-order valence-electron chi connectivity index (χ3n) is 7.19. The van der Waals surface area contributed by atoms with Gasteiger partial charge in [0, 0.05) is 50.1 Å². The summed E-state index contributed by atoms with van der Waals surface area (Å²) in [5, 5.41) is 3.79. The van der Waals surface area contributed by atoms with Gasteiger partial charge in [0.25, 0.3) is 0 Å². The highest BCUT2D eigenvalue weighted by Crippen LogP contribution is 2.33. The summed E-state index contributed by atoms with van der Waals surface area (Å²) in [4.78, 5) is 18.7. The molecular formula is C24H32F3N3O2. The molecule has 0 spiro atoms. The average Bonchev–Trinajstić information content (AvgIpc) is 3.27. The summed E-state index contributed by atoms with van der Waals surface area (Å²) < 4.78 is 44.5. The lowest BCUT2D eigenvalue weighted by molar-refractivity contribution is -0.138. The van der Waals surface area contributed by atoms with Crippen LogP contribution in [0.4, 0.5) is 13.2 Å². The highest BCUT2D eigenvalue weighted by molar-refractivity contribution is 5.81. The fraction of sp³-hybridized carbons (Fsp3) is 0.667. The number of nitrogens with zero attached hydrogens (tertiary/aromatic N) is 2. The van der Waals surface area contributed by atoms with Crippen LogP contribution >= 0.6 is 0 Å². The topological polar surface area (TPSA) is 54.5 Å². The maximum Gasteiger partial charge on any atom is 0.417 e. The highest BCUT2D eigenvalue weighted by Gasteiger charge is 2.36. The number of hydrogen-bond donors (Lipinski definition) is 1. The molecule has 4 rings (SSSR count). The van der Waals surface area contributed by atoms with Gasteiger partial charge >= 0.3 is 6.18 Å². The zero-order valence-electron chi connectivity index (χ0n) is 18.5. The lowest BCUT2D eigenvalue weighted by Crippen LogP contribution is -2.46. The van der Waals surface area contributed by atoms with E-state index in [1.54, 1.807) is 0 Å². The van der Waals surface area contributed by atoms with E-state index in [0.29, 0.717) is 43.1 Å². The quantitative estimate of drug-likeness (QED) is 0.726. The van der Waals surface area contributed by atoms with Crippen LogP contribution in [-0.2, 0) is 15.7 Å². The minimum Gasteiger partial charge on any atom is -0.381 e. The first-order valence-electron chi connectivity index (χ1n) is 11.7. The molecule has 1 aliphatic carbocycles. The number of carbonyl (C=O) groups is 1. The molecule has 3 heterocycles. The van der Waals surface area contributed by atoms with E-state index in [1.165, 1.54) is 6.20 Å². The highest BCUT2D eigenvalue weighted by atomic mass is 19.4. The van der Waals surface area contributed by atoms with Crippen LogP contribution in [0.2, 0.25) is 0 Å². The maximum atomic E-state index is 13.1. The van der Waals surface area contributed by atoms with Crippen LogP contribution in [0.5, 0.6) is 0 Å². The van der Waals surface area contributed by atoms with E-state index in [-0.39, 0.29) is 11.8 Å². The van der Waals surface area contributed by atoms with Crippen molar-refractivity contribution < 1.29 is 22.7 Å². The van der Waals surface area contributed by atoms with Gasteiger partial charge in [0.15, 0.2) is 0 Å². The van der Waals surface area contributed by atoms with Crippen LogP contribution in [-0.4, -0.2) is 54.2 Å². The zero-order valence-corrected chi connectivity index (χ0v) is 18.5. The molecule has 1 aromatic heterocycles. The van der Waals surface area contributed by atoms with E-state index in [4.69, 9.17) is 4.74 Å². The Morgan fingerprint density at radius 3 is 2.84 bits per heavy atom. The predicted octanol–water partition coefficient (Wildman–Crippen LogP) is 4.29. The molecule has 2 fully saturated rings. The summed E-state index contributed by atoms with van der Waals surface area (Å²) >= 11 is 0. The fourth-order valence-corrected chi connectivity index (χ4v) is 5.24. The first-order chi connectivity index (χ1) is 15.3. The molecule has 1 saturated heterocycles. The van der Waals surface area contributed by atoms with Crippen molar-refractivity contribution in [1.29, 1.82) is 0 Å². The van der Waals surface area contributed by atoms with Gasteiger partial charge in [-0.1, -0.05) is 13.0 Å². The Morgan fingerprint density at radius 1 is 1.28 bits per heavy atom. The largest absolute Gasteiger partial charge is 0.417 e. The predicted molar refractivity (Wildman–Crippen MR) is 116 cm³/mol. The molecule has 0 radical (unpaired) electrons. The van der Waals surface area contributed by atoms with Gasteiger partial charge in [0.05, 0.1) is 12.2 Å². The molecule has 2 aliphatic heterocycles. The molecule has 5 nitrogen and oxygen atoms in total. The van der Waals surface area contributed by atoms with Crippen molar-refractivity contribution in [3.8, 4) is 0 Å². The van der Waals surface area contributed by atoms with Crippen LogP contribution < -0.4 is 5.32 Å². The standard InChI is InChI=1S/C24H32F3N3O2/c1-2-16-15-32-10-7-22(16)29-21-4-3-18(12-21)23(31)30-8-5-17(6-9-30)19-11-20(14-28-13-19)24(25,26)27/h5,11,13-14,16,18,21-22,29H,2-4,6-10,12,15H2,1H3/t16?,18-,21+,22?/m0/s1. The van der Waals surface area contributed by atoms with E-state index < -0.39 is 11.7 Å². The molecule has 1 aromatic rings. The molecule has 0 bridgehead atoms. The SMILES string of the molecule is CCC1COCCC1N[C@@H]1CC[C@H](C(=O)N2CC=C(c3cncc(C(F)(F)F)c3)CC2)C1. The van der Waals surface area contributed by atoms with Crippen LogP contribution in [0.25, 0.3) is 5.57 Å². The Hall–Kier alpha value is -1.93. The molecule has 176 valence electrons. The summed E-state index contributed by atoms with van der Waals surface area (Å²) in [6.45, 7) is 4.78. The van der Waals surface area contributed by atoms with E-state index in [1.807, 2.05) is 11.0 Å². The van der Waals surface area contributed by atoms with Gasteiger partial charge in [-0.25, -0.2) is 0 Å². The number of ether oxygens (including phenoxy) is 1. The number of amides is 1. The molecule has 1 saturated carbocycles. The van der Waals surface area contributed by atoms with E-state index in [2.05, 4.69) is 17.2 Å². The molecule has 32 heavy (non-hydrogen) atoms. The Morgan fingerprint density at radius 2 is 2.12 bits per heavy atom. The van der Waals surface area contributed by atoms with Crippen molar-refractivity contribution in [3.05, 3.63) is 35.7 Å². The number of aromatic nitrogens is 1. The molecule has 4 atom stereocenters. The second-order valence-corrected chi connectivity index (χ2v) is 9.24. The molecule has 8 heteroatoms. The number of nitrogens with one attached hydrogen (secondary N) is 1. The van der Waals surface area contributed by atoms with Gasteiger partial charge in [-0.2, -0.15) is 13.2 Å². The van der Waals surface area contributed by atoms with Crippen molar-refractivity contribution in [2.45, 2.75) is 63.7 Å². The minimum absolute atomic E-state index is 0.0255. The second kappa shape index (κ2) is 9.91. The minimum atomic E-state index is -4.41. The maximum absolute atomic E-state index is 13.1. The van der Waals surface area contributed by atoms with Crippen molar-refractivity contribution in [3.63, 3.8) is 0 Å². The number of hydrogen-bond acceptors (Lipinski definition) is 4. The zero-order chi connectivity index (χ0) is 22.7. The van der Waals surface area contributed by atoms with Gasteiger partial charge < -0.3 is 15.0 Å². The molecular weight excluding hydrogens is 419 g/mol. The van der Waals surface area contributed by atoms with Crippen molar-refractivity contribution in [2.75, 3.05) is 26.3 Å². The lowest BCUT2D eigenvalue weighted by atomic mass is 9.92. The van der Waals surface area contributed by atoms with Gasteiger partial charge in [-0.3, -0.25) is 9.78 Å². The second-order valence-electron chi connectivity index (χ2n) is 9.24. The van der Waals surface area contributed by atoms with Crippen molar-refractivity contribution in [2.24, 2.45) is 11.8 Å². The molecule has 2 unspecified atom stereocenters. The average molecular weight is 452 g/mol. The van der Waals surface area contributed by atoms with Gasteiger partial charge in [0.1, 0.15) is 0 Å². The number of pyridine rings is 1. The Balaban J connectivity index is 1.31. The number of alkyl halides is 3. The Kier molecular flexibility index (Phi) is 7.20. The van der Waals surface area contributed by atoms with Crippen molar-refractivity contribution >= 4 is 11.5 Å². The van der Waals surface area contributed by atoms with Crippen LogP contribution in [0.3, 0.4) is 0 Å². The lowest BCUT2D eigenvalue weighted by Gasteiger charge is -2.34. The number of halogens is 3. The monoisotopic (exact) mass is 451 g/mol. The summed E-state index contributed by atoms with van der Waals surface area (Å²) in [7, 11) is 0. The molecule has 0 aromatic carbocycles. The van der Waals surface area contributed by atoms with E-state index >= 15 is 0 Å². The van der Waals surface area contributed by atoms with Crippen molar-refractivity contribution in [1.82, 2.24) is 15.2 Å². The van der Waals surface area contributed by atoms with E-state index in [9.17, 15) is 18.0 Å². The number of rotatable bonds is 5. The number of carbonyl (C=O) groups excluding carboxylic acids is 1. The van der Waals surface area contributed by atoms with Gasteiger partial charge in [-0.15, -0.1) is 0 Å². The Labute approximate surface area is 187 Å². The van der Waals surface area contributed by atoms with Crippen LogP contribution in [0, 0.1) is 11.8 Å². The molecule has 1 N–H and O–H groups in total. The molecule has 1 amide bonds.